The van der Waals surface area contributed by atoms with Crippen molar-refractivity contribution in [1.29, 1.82) is 0 Å². The molecular weight excluding hydrogens is 358 g/mol. The third-order valence-electron chi connectivity index (χ3n) is 4.98. The monoisotopic (exact) mass is 383 g/mol. The average molecular weight is 383 g/mol. The molecule has 0 saturated heterocycles. The molecule has 1 atom stereocenters. The molecule has 148 valence electrons. The summed E-state index contributed by atoms with van der Waals surface area (Å²) in [6.45, 7) is 2.03. The van der Waals surface area contributed by atoms with E-state index >= 15 is 0 Å². The molecule has 2 aromatic rings. The highest BCUT2D eigenvalue weighted by Gasteiger charge is 2.27. The van der Waals surface area contributed by atoms with Crippen molar-refractivity contribution in [2.24, 2.45) is 0 Å². The molecule has 1 N–H and O–H groups in total. The highest BCUT2D eigenvalue weighted by molar-refractivity contribution is 6.01. The van der Waals surface area contributed by atoms with Gasteiger partial charge in [0.05, 0.1) is 32.1 Å². The van der Waals surface area contributed by atoms with Crippen LogP contribution in [0.25, 0.3) is 0 Å². The van der Waals surface area contributed by atoms with Gasteiger partial charge in [0, 0.05) is 6.42 Å². The van der Waals surface area contributed by atoms with Gasteiger partial charge in [0.15, 0.2) is 11.5 Å². The summed E-state index contributed by atoms with van der Waals surface area (Å²) in [6, 6.07) is 10.8. The molecule has 1 aliphatic carbocycles. The van der Waals surface area contributed by atoms with E-state index in [-0.39, 0.29) is 18.4 Å². The number of benzene rings is 2. The number of esters is 1. The third-order valence-corrected chi connectivity index (χ3v) is 4.98. The Kier molecular flexibility index (Phi) is 6.19. The van der Waals surface area contributed by atoms with Crippen molar-refractivity contribution < 1.29 is 23.8 Å². The molecule has 0 aliphatic heterocycles. The van der Waals surface area contributed by atoms with Gasteiger partial charge in [-0.05, 0) is 61.1 Å². The predicted octanol–water partition coefficient (Wildman–Crippen LogP) is 3.94. The largest absolute Gasteiger partial charge is 0.493 e. The van der Waals surface area contributed by atoms with Gasteiger partial charge in [-0.15, -0.1) is 0 Å². The van der Waals surface area contributed by atoms with Gasteiger partial charge in [-0.1, -0.05) is 12.1 Å². The van der Waals surface area contributed by atoms with Crippen molar-refractivity contribution in [3.63, 3.8) is 0 Å². The van der Waals surface area contributed by atoms with Crippen LogP contribution in [0.1, 0.15) is 47.2 Å². The molecule has 0 bridgehead atoms. The van der Waals surface area contributed by atoms with Crippen LogP contribution >= 0.6 is 0 Å². The lowest BCUT2D eigenvalue weighted by Gasteiger charge is -2.15. The molecule has 1 aliphatic rings. The number of amides is 1. The van der Waals surface area contributed by atoms with E-state index in [1.54, 1.807) is 45.4 Å². The highest BCUT2D eigenvalue weighted by atomic mass is 16.5. The van der Waals surface area contributed by atoms with E-state index in [1.165, 1.54) is 5.56 Å². The number of hydrogen-bond acceptors (Lipinski definition) is 5. The van der Waals surface area contributed by atoms with E-state index in [0.717, 1.165) is 18.4 Å². The van der Waals surface area contributed by atoms with Gasteiger partial charge in [-0.2, -0.15) is 0 Å². The fourth-order valence-electron chi connectivity index (χ4n) is 3.63. The molecule has 6 heteroatoms. The summed E-state index contributed by atoms with van der Waals surface area (Å²) < 4.78 is 15.8. The molecule has 0 aromatic heterocycles. The van der Waals surface area contributed by atoms with Gasteiger partial charge in [0.25, 0.3) is 0 Å². The number of ether oxygens (including phenoxy) is 3. The number of hydrogen-bond donors (Lipinski definition) is 1. The first-order chi connectivity index (χ1) is 13.6. The van der Waals surface area contributed by atoms with Crippen LogP contribution in [0, 0.1) is 0 Å². The fraction of sp³-hybridized carbons (Fsp3) is 0.364. The van der Waals surface area contributed by atoms with Gasteiger partial charge < -0.3 is 19.5 Å². The van der Waals surface area contributed by atoms with Gasteiger partial charge >= 0.3 is 5.97 Å². The zero-order valence-corrected chi connectivity index (χ0v) is 16.4. The lowest BCUT2D eigenvalue weighted by molar-refractivity contribution is -0.116. The summed E-state index contributed by atoms with van der Waals surface area (Å²) >= 11 is 0. The third kappa shape index (κ3) is 4.11. The van der Waals surface area contributed by atoms with Crippen LogP contribution in [-0.4, -0.2) is 32.7 Å². The smallest absolute Gasteiger partial charge is 0.340 e. The molecule has 0 spiro atoms. The average Bonchev–Trinajstić information content (AvgIpc) is 3.08. The second kappa shape index (κ2) is 8.78. The van der Waals surface area contributed by atoms with E-state index in [4.69, 9.17) is 14.2 Å². The molecular formula is C22H25NO5. The molecule has 0 radical (unpaired) electrons. The number of rotatable bonds is 7. The summed E-state index contributed by atoms with van der Waals surface area (Å²) in [6.07, 6.45) is 2.12. The Labute approximate surface area is 164 Å². The second-order valence-electron chi connectivity index (χ2n) is 6.66. The summed E-state index contributed by atoms with van der Waals surface area (Å²) in [5.74, 6) is 0.895. The molecule has 2 aromatic carbocycles. The molecule has 0 saturated carbocycles. The maximum absolute atomic E-state index is 12.7. The van der Waals surface area contributed by atoms with Gasteiger partial charge in [0.2, 0.25) is 5.91 Å². The van der Waals surface area contributed by atoms with Crippen LogP contribution in [0.3, 0.4) is 0 Å². The Morgan fingerprint density at radius 1 is 1.11 bits per heavy atom. The minimum atomic E-state index is -0.443. The maximum atomic E-state index is 12.7. The van der Waals surface area contributed by atoms with Crippen molar-refractivity contribution in [3.8, 4) is 11.5 Å². The standard InChI is InChI=1S/C22H25NO5/c1-4-28-22(25)16-7-5-6-8-18(16)23-21(24)12-15-10-9-14-11-19(26-2)20(27-3)13-17(14)15/h5-8,11,13,15H,4,9-10,12H2,1-3H3,(H,23,24). The molecule has 1 unspecified atom stereocenters. The van der Waals surface area contributed by atoms with E-state index in [2.05, 4.69) is 5.32 Å². The van der Waals surface area contributed by atoms with Gasteiger partial charge in [0.1, 0.15) is 0 Å². The number of anilines is 1. The van der Waals surface area contributed by atoms with Crippen LogP contribution in [0.2, 0.25) is 0 Å². The van der Waals surface area contributed by atoms with E-state index < -0.39 is 5.97 Å². The summed E-state index contributed by atoms with van der Waals surface area (Å²) in [5, 5.41) is 2.86. The minimum Gasteiger partial charge on any atom is -0.493 e. The van der Waals surface area contributed by atoms with Crippen molar-refractivity contribution >= 4 is 17.6 Å². The first-order valence-electron chi connectivity index (χ1n) is 9.38. The Morgan fingerprint density at radius 3 is 2.54 bits per heavy atom. The van der Waals surface area contributed by atoms with E-state index in [1.807, 2.05) is 12.1 Å². The number of carbonyl (C=O) groups is 2. The van der Waals surface area contributed by atoms with Crippen LogP contribution in [-0.2, 0) is 16.0 Å². The number of fused-ring (bicyclic) bond motifs is 1. The number of carbonyl (C=O) groups excluding carboxylic acids is 2. The molecule has 0 heterocycles. The van der Waals surface area contributed by atoms with Crippen LogP contribution in [0.15, 0.2) is 36.4 Å². The topological polar surface area (TPSA) is 73.9 Å². The lowest BCUT2D eigenvalue weighted by atomic mass is 9.97. The fourth-order valence-corrected chi connectivity index (χ4v) is 3.63. The summed E-state index contributed by atoms with van der Waals surface area (Å²) in [4.78, 5) is 24.8. The van der Waals surface area contributed by atoms with E-state index in [9.17, 15) is 9.59 Å². The Hall–Kier alpha value is -3.02. The normalized spacial score (nSPS) is 14.9. The van der Waals surface area contributed by atoms with Crippen molar-refractivity contribution in [2.45, 2.75) is 32.1 Å². The second-order valence-corrected chi connectivity index (χ2v) is 6.66. The zero-order chi connectivity index (χ0) is 20.1. The molecule has 3 rings (SSSR count). The first kappa shape index (κ1) is 19.7. The van der Waals surface area contributed by atoms with Gasteiger partial charge in [-0.25, -0.2) is 4.79 Å². The number of aryl methyl sites for hydroxylation is 1. The Bertz CT molecular complexity index is 877. The lowest BCUT2D eigenvalue weighted by Crippen LogP contribution is -2.17. The number of methoxy groups -OCH3 is 2. The number of nitrogens with one attached hydrogen (secondary N) is 1. The first-order valence-corrected chi connectivity index (χ1v) is 9.38. The SMILES string of the molecule is CCOC(=O)c1ccccc1NC(=O)CC1CCc2cc(OC)c(OC)cc21. The molecule has 6 nitrogen and oxygen atoms in total. The predicted molar refractivity (Wildman–Crippen MR) is 106 cm³/mol. The van der Waals surface area contributed by atoms with Gasteiger partial charge in [-0.3, -0.25) is 4.79 Å². The summed E-state index contributed by atoms with van der Waals surface area (Å²) in [5.41, 5.74) is 3.13. The zero-order valence-electron chi connectivity index (χ0n) is 16.4. The highest BCUT2D eigenvalue weighted by Crippen LogP contribution is 2.41. The summed E-state index contributed by atoms with van der Waals surface area (Å²) in [7, 11) is 3.22. The van der Waals surface area contributed by atoms with Crippen molar-refractivity contribution in [1.82, 2.24) is 0 Å². The molecule has 1 amide bonds. The van der Waals surface area contributed by atoms with Crippen LogP contribution < -0.4 is 14.8 Å². The van der Waals surface area contributed by atoms with Crippen LogP contribution in [0.4, 0.5) is 5.69 Å². The Balaban J connectivity index is 1.74. The minimum absolute atomic E-state index is 0.101. The van der Waals surface area contributed by atoms with Crippen molar-refractivity contribution in [2.75, 3.05) is 26.1 Å². The number of para-hydroxylation sites is 1. The molecule has 28 heavy (non-hydrogen) atoms. The Morgan fingerprint density at radius 2 is 1.82 bits per heavy atom. The van der Waals surface area contributed by atoms with Crippen LogP contribution in [0.5, 0.6) is 11.5 Å². The quantitative estimate of drug-likeness (QED) is 0.733. The van der Waals surface area contributed by atoms with E-state index in [0.29, 0.717) is 29.2 Å². The van der Waals surface area contributed by atoms with Crippen molar-refractivity contribution in [3.05, 3.63) is 53.1 Å². The molecule has 0 fully saturated rings. The maximum Gasteiger partial charge on any atom is 0.340 e.